The Morgan fingerprint density at radius 3 is 1.58 bits per heavy atom. The van der Waals surface area contributed by atoms with Crippen molar-refractivity contribution in [2.45, 2.75) is 26.3 Å². The van der Waals surface area contributed by atoms with E-state index in [2.05, 4.69) is 11.5 Å². The van der Waals surface area contributed by atoms with Crippen molar-refractivity contribution in [3.63, 3.8) is 0 Å². The molecule has 4 aromatic rings. The Bertz CT molecular complexity index is 1270. The third kappa shape index (κ3) is 4.58. The summed E-state index contributed by atoms with van der Waals surface area (Å²) in [6.45, 7) is 2.92. The second-order valence-electron chi connectivity index (χ2n) is 7.86. The number of carbonyl (C=O) groups is 3. The molecule has 0 atom stereocenters. The SMILES string of the molecule is CCCCn1c(-c2ccc(C=O)cc2)nc(-c2ccc(C=O)cc2)c1-c1ccc(C=O)cc1. The normalized spacial score (nSPS) is 10.7. The Morgan fingerprint density at radius 2 is 1.12 bits per heavy atom. The van der Waals surface area contributed by atoms with Crippen LogP contribution in [0.1, 0.15) is 50.8 Å². The van der Waals surface area contributed by atoms with E-state index in [9.17, 15) is 14.4 Å². The molecule has 0 fully saturated rings. The summed E-state index contributed by atoms with van der Waals surface area (Å²) in [5.41, 5.74) is 6.35. The van der Waals surface area contributed by atoms with E-state index < -0.39 is 0 Å². The summed E-state index contributed by atoms with van der Waals surface area (Å²) in [7, 11) is 0. The van der Waals surface area contributed by atoms with Crippen LogP contribution in [0, 0.1) is 0 Å². The van der Waals surface area contributed by atoms with Gasteiger partial charge in [0.1, 0.15) is 24.7 Å². The molecule has 5 nitrogen and oxygen atoms in total. The molecule has 5 heteroatoms. The Hall–Kier alpha value is -4.12. The van der Waals surface area contributed by atoms with Gasteiger partial charge >= 0.3 is 0 Å². The number of hydrogen-bond donors (Lipinski definition) is 0. The molecule has 3 aromatic carbocycles. The number of aromatic nitrogens is 2. The van der Waals surface area contributed by atoms with Crippen molar-refractivity contribution in [2.75, 3.05) is 0 Å². The second kappa shape index (κ2) is 10.0. The van der Waals surface area contributed by atoms with Gasteiger partial charge in [0.05, 0.1) is 11.4 Å². The van der Waals surface area contributed by atoms with Crippen LogP contribution in [0.15, 0.2) is 72.8 Å². The second-order valence-corrected chi connectivity index (χ2v) is 7.86. The van der Waals surface area contributed by atoms with Crippen LogP contribution in [0.3, 0.4) is 0 Å². The van der Waals surface area contributed by atoms with Crippen molar-refractivity contribution in [3.8, 4) is 33.9 Å². The van der Waals surface area contributed by atoms with E-state index in [1.54, 1.807) is 36.4 Å². The molecule has 0 saturated heterocycles. The average molecular weight is 437 g/mol. The van der Waals surface area contributed by atoms with Crippen LogP contribution in [0.5, 0.6) is 0 Å². The fraction of sp³-hybridized carbons (Fsp3) is 0.143. The molecule has 1 heterocycles. The number of rotatable bonds is 9. The van der Waals surface area contributed by atoms with E-state index in [1.165, 1.54) is 0 Å². The van der Waals surface area contributed by atoms with Gasteiger partial charge in [0.2, 0.25) is 0 Å². The number of imidazole rings is 1. The summed E-state index contributed by atoms with van der Waals surface area (Å²) in [5, 5.41) is 0. The molecule has 0 aliphatic carbocycles. The number of benzene rings is 3. The highest BCUT2D eigenvalue weighted by Crippen LogP contribution is 2.37. The molecule has 164 valence electrons. The molecular weight excluding hydrogens is 412 g/mol. The number of aldehydes is 3. The van der Waals surface area contributed by atoms with Gasteiger partial charge in [-0.3, -0.25) is 14.4 Å². The zero-order chi connectivity index (χ0) is 23.2. The third-order valence-electron chi connectivity index (χ3n) is 5.65. The molecule has 1 aromatic heterocycles. The lowest BCUT2D eigenvalue weighted by Gasteiger charge is -2.13. The van der Waals surface area contributed by atoms with Crippen molar-refractivity contribution in [1.82, 2.24) is 9.55 Å². The van der Waals surface area contributed by atoms with Gasteiger partial charge in [-0.1, -0.05) is 86.1 Å². The van der Waals surface area contributed by atoms with Crippen LogP contribution in [-0.4, -0.2) is 28.4 Å². The van der Waals surface area contributed by atoms with Gasteiger partial charge in [-0.15, -0.1) is 0 Å². The molecule has 0 spiro atoms. The third-order valence-corrected chi connectivity index (χ3v) is 5.65. The summed E-state index contributed by atoms with van der Waals surface area (Å²) >= 11 is 0. The molecule has 0 radical (unpaired) electrons. The molecule has 0 bridgehead atoms. The molecule has 0 aliphatic heterocycles. The van der Waals surface area contributed by atoms with E-state index in [1.807, 2.05) is 36.4 Å². The molecule has 0 unspecified atom stereocenters. The molecule has 33 heavy (non-hydrogen) atoms. The number of unbranched alkanes of at least 4 members (excludes halogenated alkanes) is 1. The lowest BCUT2D eigenvalue weighted by molar-refractivity contribution is 0.111. The highest BCUT2D eigenvalue weighted by Gasteiger charge is 2.21. The molecule has 0 amide bonds. The Morgan fingerprint density at radius 1 is 0.667 bits per heavy atom. The standard InChI is InChI=1S/C28H24N2O3/c1-2-3-16-30-27(24-12-6-21(18-32)7-13-24)26(23-10-4-20(17-31)5-11-23)29-28(30)25-14-8-22(19-33)9-15-25/h4-15,17-19H,2-3,16H2,1H3. The van der Waals surface area contributed by atoms with Crippen LogP contribution in [-0.2, 0) is 6.54 Å². The molecule has 0 saturated carbocycles. The zero-order valence-corrected chi connectivity index (χ0v) is 18.4. The molecule has 0 aliphatic rings. The predicted octanol–water partition coefficient (Wildman–Crippen LogP) is 6.12. The first-order chi connectivity index (χ1) is 16.2. The average Bonchev–Trinajstić information content (AvgIpc) is 3.26. The van der Waals surface area contributed by atoms with Crippen LogP contribution < -0.4 is 0 Å². The van der Waals surface area contributed by atoms with Gasteiger partial charge in [-0.2, -0.15) is 0 Å². The van der Waals surface area contributed by atoms with E-state index in [0.717, 1.165) is 72.1 Å². The first-order valence-corrected chi connectivity index (χ1v) is 11.0. The molecule has 0 N–H and O–H groups in total. The van der Waals surface area contributed by atoms with Gasteiger partial charge in [0.15, 0.2) is 0 Å². The van der Waals surface area contributed by atoms with Gasteiger partial charge in [-0.25, -0.2) is 4.98 Å². The Balaban J connectivity index is 1.97. The fourth-order valence-corrected chi connectivity index (χ4v) is 3.85. The quantitative estimate of drug-likeness (QED) is 0.296. The van der Waals surface area contributed by atoms with Gasteiger partial charge in [0, 0.05) is 39.9 Å². The van der Waals surface area contributed by atoms with E-state index in [-0.39, 0.29) is 0 Å². The smallest absolute Gasteiger partial charge is 0.150 e. The van der Waals surface area contributed by atoms with Crippen molar-refractivity contribution in [1.29, 1.82) is 0 Å². The van der Waals surface area contributed by atoms with Crippen LogP contribution in [0.4, 0.5) is 0 Å². The largest absolute Gasteiger partial charge is 0.323 e. The van der Waals surface area contributed by atoms with Crippen LogP contribution in [0.25, 0.3) is 33.9 Å². The summed E-state index contributed by atoms with van der Waals surface area (Å²) in [6, 6.07) is 22.2. The van der Waals surface area contributed by atoms with Gasteiger partial charge < -0.3 is 4.57 Å². The monoisotopic (exact) mass is 436 g/mol. The highest BCUT2D eigenvalue weighted by atomic mass is 16.1. The lowest BCUT2D eigenvalue weighted by atomic mass is 10.0. The number of carbonyl (C=O) groups excluding carboxylic acids is 3. The minimum absolute atomic E-state index is 0.603. The van der Waals surface area contributed by atoms with E-state index in [4.69, 9.17) is 4.98 Å². The predicted molar refractivity (Wildman–Crippen MR) is 130 cm³/mol. The maximum absolute atomic E-state index is 11.2. The summed E-state index contributed by atoms with van der Waals surface area (Å²) in [6.07, 6.45) is 4.47. The summed E-state index contributed by atoms with van der Waals surface area (Å²) in [4.78, 5) is 38.5. The maximum Gasteiger partial charge on any atom is 0.150 e. The fourth-order valence-electron chi connectivity index (χ4n) is 3.85. The number of nitrogens with zero attached hydrogens (tertiary/aromatic N) is 2. The first kappa shape index (κ1) is 22.1. The summed E-state index contributed by atoms with van der Waals surface area (Å²) < 4.78 is 2.21. The number of hydrogen-bond acceptors (Lipinski definition) is 4. The van der Waals surface area contributed by atoms with Gasteiger partial charge in [0.25, 0.3) is 0 Å². The minimum atomic E-state index is 0.603. The van der Waals surface area contributed by atoms with Crippen molar-refractivity contribution < 1.29 is 14.4 Å². The van der Waals surface area contributed by atoms with Crippen LogP contribution in [0.2, 0.25) is 0 Å². The lowest BCUT2D eigenvalue weighted by Crippen LogP contribution is -2.03. The minimum Gasteiger partial charge on any atom is -0.323 e. The van der Waals surface area contributed by atoms with Gasteiger partial charge in [-0.05, 0) is 6.42 Å². The topological polar surface area (TPSA) is 69.0 Å². The van der Waals surface area contributed by atoms with Crippen molar-refractivity contribution in [2.24, 2.45) is 0 Å². The zero-order valence-electron chi connectivity index (χ0n) is 18.4. The first-order valence-electron chi connectivity index (χ1n) is 11.0. The van der Waals surface area contributed by atoms with Crippen LogP contribution >= 0.6 is 0 Å². The maximum atomic E-state index is 11.2. The van der Waals surface area contributed by atoms with E-state index >= 15 is 0 Å². The Labute approximate surface area is 192 Å². The summed E-state index contributed by atoms with van der Waals surface area (Å²) in [5.74, 6) is 0.810. The van der Waals surface area contributed by atoms with Crippen molar-refractivity contribution in [3.05, 3.63) is 89.5 Å². The highest BCUT2D eigenvalue weighted by molar-refractivity contribution is 5.85. The van der Waals surface area contributed by atoms with Crippen molar-refractivity contribution >= 4 is 18.9 Å². The molecule has 4 rings (SSSR count). The Kier molecular flexibility index (Phi) is 6.69. The van der Waals surface area contributed by atoms with E-state index in [0.29, 0.717) is 16.7 Å². The molecular formula is C28H24N2O3.